The summed E-state index contributed by atoms with van der Waals surface area (Å²) in [5, 5.41) is 1.37. The van der Waals surface area contributed by atoms with Gasteiger partial charge in [0.25, 0.3) is 0 Å². The first-order valence-electron chi connectivity index (χ1n) is 6.97. The molecule has 2 aromatic rings. The van der Waals surface area contributed by atoms with E-state index in [1.807, 2.05) is 31.2 Å². The molecule has 0 aromatic heterocycles. The second-order valence-electron chi connectivity index (χ2n) is 5.06. The molecular formula is C16H19KO3S. The molecule has 21 heavy (non-hydrogen) atoms. The number of benzene rings is 2. The predicted molar refractivity (Wildman–Crippen MR) is 79.9 cm³/mol. The predicted octanol–water partition coefficient (Wildman–Crippen LogP) is 0.653. The summed E-state index contributed by atoms with van der Waals surface area (Å²) in [4.78, 5) is -0.0326. The van der Waals surface area contributed by atoms with Gasteiger partial charge in [-0.3, -0.25) is 0 Å². The van der Waals surface area contributed by atoms with Crippen molar-refractivity contribution in [3.63, 3.8) is 0 Å². The molecule has 2 rings (SSSR count). The second-order valence-corrected chi connectivity index (χ2v) is 6.38. The van der Waals surface area contributed by atoms with E-state index >= 15 is 0 Å². The molecule has 0 spiro atoms. The first-order chi connectivity index (χ1) is 9.47. The van der Waals surface area contributed by atoms with Crippen LogP contribution in [0.3, 0.4) is 0 Å². The summed E-state index contributed by atoms with van der Waals surface area (Å²) in [5.41, 5.74) is 1.70. The zero-order valence-corrected chi connectivity index (χ0v) is 16.8. The summed E-state index contributed by atoms with van der Waals surface area (Å²) in [6, 6.07) is 9.39. The van der Waals surface area contributed by atoms with Gasteiger partial charge in [0.1, 0.15) is 10.1 Å². The third-order valence-corrected chi connectivity index (χ3v) is 4.41. The van der Waals surface area contributed by atoms with Crippen molar-refractivity contribution in [2.24, 2.45) is 0 Å². The van der Waals surface area contributed by atoms with Crippen molar-refractivity contribution in [3.05, 3.63) is 41.5 Å². The van der Waals surface area contributed by atoms with Crippen molar-refractivity contribution in [1.82, 2.24) is 0 Å². The monoisotopic (exact) mass is 330 g/mol. The van der Waals surface area contributed by atoms with Crippen molar-refractivity contribution in [3.8, 4) is 0 Å². The summed E-state index contributed by atoms with van der Waals surface area (Å²) >= 11 is 0. The molecule has 0 aliphatic heterocycles. The van der Waals surface area contributed by atoms with Gasteiger partial charge in [-0.05, 0) is 40.8 Å². The Balaban J connectivity index is 0.00000220. The van der Waals surface area contributed by atoms with E-state index in [1.54, 1.807) is 6.07 Å². The largest absolute Gasteiger partial charge is 1.00 e. The van der Waals surface area contributed by atoms with Crippen LogP contribution in [-0.2, 0) is 23.0 Å². The SMILES string of the molecule is CCCc1ccc2ccc(CCC)c(S(=O)(=O)[O-])c2c1.[K+]. The van der Waals surface area contributed by atoms with E-state index in [1.165, 1.54) is 0 Å². The average molecular weight is 330 g/mol. The van der Waals surface area contributed by atoms with Gasteiger partial charge >= 0.3 is 51.4 Å². The molecule has 0 N–H and O–H groups in total. The smallest absolute Gasteiger partial charge is 0.744 e. The topological polar surface area (TPSA) is 57.2 Å². The van der Waals surface area contributed by atoms with E-state index in [4.69, 9.17) is 0 Å². The van der Waals surface area contributed by atoms with Crippen LogP contribution in [0.25, 0.3) is 10.8 Å². The Kier molecular flexibility index (Phi) is 7.53. The quantitative estimate of drug-likeness (QED) is 0.597. The summed E-state index contributed by atoms with van der Waals surface area (Å²) in [7, 11) is -4.46. The minimum Gasteiger partial charge on any atom is -0.744 e. The van der Waals surface area contributed by atoms with Gasteiger partial charge < -0.3 is 4.55 Å². The Hall–Kier alpha value is 0.246. The van der Waals surface area contributed by atoms with Crippen LogP contribution in [0.4, 0.5) is 0 Å². The maximum atomic E-state index is 11.7. The van der Waals surface area contributed by atoms with Gasteiger partial charge in [0.2, 0.25) is 0 Å². The van der Waals surface area contributed by atoms with Crippen LogP contribution >= 0.6 is 0 Å². The number of hydrogen-bond acceptors (Lipinski definition) is 3. The standard InChI is InChI=1S/C16H20O3S.K/c1-3-5-12-7-8-13-9-10-14(6-4-2)16(15(13)11-12)20(17,18)19;/h7-11H,3-6H2,1-2H3,(H,17,18,19);/q;+1/p-1. The van der Waals surface area contributed by atoms with Gasteiger partial charge in [0, 0.05) is 0 Å². The van der Waals surface area contributed by atoms with Gasteiger partial charge in [-0.15, -0.1) is 0 Å². The fraction of sp³-hybridized carbons (Fsp3) is 0.375. The Morgan fingerprint density at radius 1 is 1.00 bits per heavy atom. The zero-order valence-electron chi connectivity index (χ0n) is 12.8. The summed E-state index contributed by atoms with van der Waals surface area (Å²) in [6.07, 6.45) is 3.28. The summed E-state index contributed by atoms with van der Waals surface area (Å²) in [6.45, 7) is 4.04. The molecule has 0 unspecified atom stereocenters. The van der Waals surface area contributed by atoms with Crippen molar-refractivity contribution in [2.45, 2.75) is 44.4 Å². The van der Waals surface area contributed by atoms with Gasteiger partial charge in [0.15, 0.2) is 0 Å². The molecule has 2 aromatic carbocycles. The van der Waals surface area contributed by atoms with Gasteiger partial charge in [-0.1, -0.05) is 51.0 Å². The van der Waals surface area contributed by atoms with Crippen molar-refractivity contribution < 1.29 is 64.4 Å². The summed E-state index contributed by atoms with van der Waals surface area (Å²) < 4.78 is 35.0. The molecule has 0 saturated carbocycles. The van der Waals surface area contributed by atoms with Gasteiger partial charge in [0.05, 0.1) is 4.90 Å². The van der Waals surface area contributed by atoms with Gasteiger partial charge in [-0.2, -0.15) is 0 Å². The van der Waals surface area contributed by atoms with E-state index in [2.05, 4.69) is 6.92 Å². The van der Waals surface area contributed by atoms with E-state index in [9.17, 15) is 13.0 Å². The third kappa shape index (κ3) is 4.61. The molecule has 0 aliphatic rings. The number of fused-ring (bicyclic) bond motifs is 1. The summed E-state index contributed by atoms with van der Waals surface area (Å²) in [5.74, 6) is 0. The second kappa shape index (κ2) is 8.20. The Labute approximate surface area is 169 Å². The number of aryl methyl sites for hydroxylation is 2. The molecule has 5 heteroatoms. The van der Waals surface area contributed by atoms with Crippen LogP contribution in [0.15, 0.2) is 35.2 Å². The molecule has 0 aliphatic carbocycles. The van der Waals surface area contributed by atoms with E-state index < -0.39 is 10.1 Å². The van der Waals surface area contributed by atoms with Crippen LogP contribution in [0.1, 0.15) is 37.8 Å². The first kappa shape index (κ1) is 19.3. The third-order valence-electron chi connectivity index (χ3n) is 3.43. The molecule has 0 radical (unpaired) electrons. The van der Waals surface area contributed by atoms with Crippen LogP contribution in [0.2, 0.25) is 0 Å². The van der Waals surface area contributed by atoms with E-state index in [0.29, 0.717) is 17.4 Å². The van der Waals surface area contributed by atoms with E-state index in [0.717, 1.165) is 30.2 Å². The molecule has 3 nitrogen and oxygen atoms in total. The normalized spacial score (nSPS) is 11.4. The molecule has 0 saturated heterocycles. The minimum atomic E-state index is -4.46. The van der Waals surface area contributed by atoms with Crippen LogP contribution in [-0.4, -0.2) is 13.0 Å². The molecule has 108 valence electrons. The molecule has 0 heterocycles. The van der Waals surface area contributed by atoms with E-state index in [-0.39, 0.29) is 56.3 Å². The maximum absolute atomic E-state index is 11.7. The van der Waals surface area contributed by atoms with Crippen molar-refractivity contribution in [1.29, 1.82) is 0 Å². The van der Waals surface area contributed by atoms with Crippen molar-refractivity contribution in [2.75, 3.05) is 0 Å². The number of rotatable bonds is 5. The van der Waals surface area contributed by atoms with Crippen LogP contribution < -0.4 is 51.4 Å². The molecule has 0 atom stereocenters. The fourth-order valence-corrected chi connectivity index (χ4v) is 3.53. The Bertz CT molecular complexity index is 718. The van der Waals surface area contributed by atoms with Crippen molar-refractivity contribution >= 4 is 20.9 Å². The molecule has 0 fully saturated rings. The number of hydrogen-bond donors (Lipinski definition) is 0. The minimum absolute atomic E-state index is 0. The molecular weight excluding hydrogens is 311 g/mol. The van der Waals surface area contributed by atoms with Crippen LogP contribution in [0, 0.1) is 0 Å². The zero-order chi connectivity index (χ0) is 14.8. The van der Waals surface area contributed by atoms with Crippen LogP contribution in [0.5, 0.6) is 0 Å². The average Bonchev–Trinajstić information content (AvgIpc) is 2.37. The first-order valence-corrected chi connectivity index (χ1v) is 8.38. The fourth-order valence-electron chi connectivity index (χ4n) is 2.59. The van der Waals surface area contributed by atoms with Gasteiger partial charge in [-0.25, -0.2) is 8.42 Å². The maximum Gasteiger partial charge on any atom is 1.00 e. The Morgan fingerprint density at radius 2 is 1.62 bits per heavy atom. The molecule has 0 amide bonds. The Morgan fingerprint density at radius 3 is 2.19 bits per heavy atom. The molecule has 0 bridgehead atoms.